The molecule has 0 radical (unpaired) electrons. The number of esters is 1. The number of amides is 1. The van der Waals surface area contributed by atoms with Crippen LogP contribution in [-0.2, 0) is 27.3 Å². The van der Waals surface area contributed by atoms with Crippen LogP contribution in [0.1, 0.15) is 25.3 Å². The molecule has 0 spiro atoms. The average molecular weight is 354 g/mol. The van der Waals surface area contributed by atoms with Gasteiger partial charge in [-0.15, -0.1) is 11.3 Å². The van der Waals surface area contributed by atoms with Gasteiger partial charge in [0.2, 0.25) is 5.91 Å². The molecule has 0 saturated carbocycles. The van der Waals surface area contributed by atoms with Crippen LogP contribution in [0.4, 0.5) is 0 Å². The summed E-state index contributed by atoms with van der Waals surface area (Å²) in [4.78, 5) is 27.8. The van der Waals surface area contributed by atoms with Crippen molar-refractivity contribution in [3.63, 3.8) is 0 Å². The molecule has 0 bridgehead atoms. The van der Waals surface area contributed by atoms with Crippen molar-refractivity contribution in [1.29, 1.82) is 0 Å². The summed E-state index contributed by atoms with van der Waals surface area (Å²) >= 11 is 2.78. The Morgan fingerprint density at radius 2 is 2.35 bits per heavy atom. The molecular weight excluding hydrogens is 336 g/mol. The molecule has 0 saturated heterocycles. The first-order chi connectivity index (χ1) is 11.1. The third-order valence-electron chi connectivity index (χ3n) is 2.83. The number of rotatable bonds is 8. The van der Waals surface area contributed by atoms with Gasteiger partial charge in [-0.2, -0.15) is 0 Å². The van der Waals surface area contributed by atoms with Crippen LogP contribution >= 0.6 is 23.1 Å². The zero-order chi connectivity index (χ0) is 16.7. The first-order valence-corrected chi connectivity index (χ1v) is 8.91. The van der Waals surface area contributed by atoms with Gasteiger partial charge in [-0.3, -0.25) is 9.59 Å². The summed E-state index contributed by atoms with van der Waals surface area (Å²) in [6, 6.07) is 3.58. The van der Waals surface area contributed by atoms with Crippen LogP contribution in [0.5, 0.6) is 0 Å². The molecule has 8 heteroatoms. The summed E-state index contributed by atoms with van der Waals surface area (Å²) in [6.45, 7) is 4.30. The molecular formula is C15H18N2O4S2. The fourth-order valence-electron chi connectivity index (χ4n) is 1.72. The number of nitrogens with one attached hydrogen (secondary N) is 1. The summed E-state index contributed by atoms with van der Waals surface area (Å²) in [5, 5.41) is 4.34. The van der Waals surface area contributed by atoms with Crippen molar-refractivity contribution in [2.45, 2.75) is 36.4 Å². The van der Waals surface area contributed by atoms with E-state index in [0.29, 0.717) is 24.6 Å². The first-order valence-electron chi connectivity index (χ1n) is 7.15. The van der Waals surface area contributed by atoms with E-state index in [1.807, 2.05) is 12.3 Å². The van der Waals surface area contributed by atoms with E-state index < -0.39 is 0 Å². The molecule has 0 aliphatic carbocycles. The number of nitrogens with zero attached hydrogens (tertiary/aromatic N) is 1. The Kier molecular flexibility index (Phi) is 6.66. The molecule has 2 rings (SSSR count). The number of thioether (sulfide) groups is 1. The summed E-state index contributed by atoms with van der Waals surface area (Å²) in [5.74, 6) is 0.327. The highest BCUT2D eigenvalue weighted by Gasteiger charge is 2.17. The lowest BCUT2D eigenvalue weighted by atomic mass is 10.3. The number of thiazole rings is 1. The van der Waals surface area contributed by atoms with Crippen LogP contribution in [0.15, 0.2) is 32.5 Å². The second-order valence-electron chi connectivity index (χ2n) is 4.64. The second-order valence-corrected chi connectivity index (χ2v) is 7.09. The average Bonchev–Trinajstić information content (AvgIpc) is 3.17. The Balaban J connectivity index is 1.80. The fourth-order valence-corrected chi connectivity index (χ4v) is 3.72. The molecule has 0 unspecified atom stereocenters. The van der Waals surface area contributed by atoms with Gasteiger partial charge in [0.05, 0.1) is 36.8 Å². The number of hydrogen-bond donors (Lipinski definition) is 1. The quantitative estimate of drug-likeness (QED) is 0.580. The lowest BCUT2D eigenvalue weighted by Crippen LogP contribution is -2.30. The van der Waals surface area contributed by atoms with Crippen molar-refractivity contribution < 1.29 is 18.7 Å². The van der Waals surface area contributed by atoms with E-state index >= 15 is 0 Å². The van der Waals surface area contributed by atoms with E-state index in [-0.39, 0.29) is 23.5 Å². The molecule has 1 N–H and O–H groups in total. The van der Waals surface area contributed by atoms with Crippen molar-refractivity contribution in [3.8, 4) is 0 Å². The van der Waals surface area contributed by atoms with Crippen molar-refractivity contribution in [2.24, 2.45) is 0 Å². The Morgan fingerprint density at radius 1 is 1.52 bits per heavy atom. The molecule has 23 heavy (non-hydrogen) atoms. The number of hydrogen-bond acceptors (Lipinski definition) is 7. The largest absolute Gasteiger partial charge is 0.467 e. The van der Waals surface area contributed by atoms with E-state index in [1.54, 1.807) is 25.3 Å². The minimum Gasteiger partial charge on any atom is -0.467 e. The number of ether oxygens (including phenoxy) is 1. The van der Waals surface area contributed by atoms with Crippen LogP contribution in [-0.4, -0.2) is 28.7 Å². The van der Waals surface area contributed by atoms with E-state index in [1.165, 1.54) is 23.1 Å². The number of aromatic nitrogens is 1. The van der Waals surface area contributed by atoms with Gasteiger partial charge in [0.15, 0.2) is 4.34 Å². The lowest BCUT2D eigenvalue weighted by molar-refractivity contribution is -0.142. The van der Waals surface area contributed by atoms with Gasteiger partial charge in [0.1, 0.15) is 5.76 Å². The summed E-state index contributed by atoms with van der Waals surface area (Å²) < 4.78 is 10.8. The van der Waals surface area contributed by atoms with Gasteiger partial charge in [0, 0.05) is 5.38 Å². The number of carbonyl (C=O) groups excluding carboxylic acids is 2. The van der Waals surface area contributed by atoms with Crippen LogP contribution < -0.4 is 5.32 Å². The van der Waals surface area contributed by atoms with Crippen LogP contribution in [0.2, 0.25) is 0 Å². The highest BCUT2D eigenvalue weighted by atomic mass is 32.2. The first kappa shape index (κ1) is 17.6. The molecule has 124 valence electrons. The van der Waals surface area contributed by atoms with E-state index in [0.717, 1.165) is 4.34 Å². The van der Waals surface area contributed by atoms with Crippen LogP contribution in [0, 0.1) is 0 Å². The zero-order valence-corrected chi connectivity index (χ0v) is 14.5. The number of carbonyl (C=O) groups is 2. The Labute approximate surface area is 142 Å². The Bertz CT molecular complexity index is 640. The van der Waals surface area contributed by atoms with Crippen molar-refractivity contribution in [2.75, 3.05) is 6.61 Å². The summed E-state index contributed by atoms with van der Waals surface area (Å²) in [6.07, 6.45) is 1.73. The van der Waals surface area contributed by atoms with Gasteiger partial charge in [-0.1, -0.05) is 11.8 Å². The molecule has 6 nitrogen and oxygen atoms in total. The topological polar surface area (TPSA) is 81.4 Å². The highest BCUT2D eigenvalue weighted by molar-refractivity contribution is 8.02. The molecule has 2 heterocycles. The predicted molar refractivity (Wildman–Crippen MR) is 88.3 cm³/mol. The monoisotopic (exact) mass is 354 g/mol. The molecule has 0 aliphatic heterocycles. The SMILES string of the molecule is CCOC(=O)Cc1csc(S[C@@H](C)C(=O)NCc2ccco2)n1. The molecule has 0 aromatic carbocycles. The molecule has 2 aromatic rings. The molecule has 1 atom stereocenters. The highest BCUT2D eigenvalue weighted by Crippen LogP contribution is 2.27. The summed E-state index contributed by atoms with van der Waals surface area (Å²) in [5.41, 5.74) is 0.666. The van der Waals surface area contributed by atoms with Gasteiger partial charge in [-0.25, -0.2) is 4.98 Å². The maximum Gasteiger partial charge on any atom is 0.311 e. The maximum absolute atomic E-state index is 12.0. The van der Waals surface area contributed by atoms with Crippen molar-refractivity contribution in [3.05, 3.63) is 35.2 Å². The third-order valence-corrected chi connectivity index (χ3v) is 4.95. The molecule has 0 aliphatic rings. The smallest absolute Gasteiger partial charge is 0.311 e. The standard InChI is InChI=1S/C15H18N2O4S2/c1-3-20-13(18)7-11-9-22-15(17-11)23-10(2)14(19)16-8-12-5-4-6-21-12/h4-6,9-10H,3,7-8H2,1-2H3,(H,16,19)/t10-/m0/s1. The fraction of sp³-hybridized carbons (Fsp3) is 0.400. The van der Waals surface area contributed by atoms with Gasteiger partial charge < -0.3 is 14.5 Å². The molecule has 1 amide bonds. The van der Waals surface area contributed by atoms with Crippen molar-refractivity contribution >= 4 is 35.0 Å². The Morgan fingerprint density at radius 3 is 3.04 bits per heavy atom. The lowest BCUT2D eigenvalue weighted by Gasteiger charge is -2.09. The third kappa shape index (κ3) is 5.72. The van der Waals surface area contributed by atoms with E-state index in [2.05, 4.69) is 10.3 Å². The normalized spacial score (nSPS) is 11.9. The van der Waals surface area contributed by atoms with Gasteiger partial charge >= 0.3 is 5.97 Å². The minimum atomic E-state index is -0.293. The maximum atomic E-state index is 12.0. The van der Waals surface area contributed by atoms with Gasteiger partial charge in [-0.05, 0) is 26.0 Å². The van der Waals surface area contributed by atoms with Crippen LogP contribution in [0.25, 0.3) is 0 Å². The minimum absolute atomic E-state index is 0.0893. The Hall–Kier alpha value is -1.80. The molecule has 2 aromatic heterocycles. The van der Waals surface area contributed by atoms with E-state index in [9.17, 15) is 9.59 Å². The predicted octanol–water partition coefficient (Wildman–Crippen LogP) is 2.64. The number of furan rings is 1. The summed E-state index contributed by atoms with van der Waals surface area (Å²) in [7, 11) is 0. The van der Waals surface area contributed by atoms with Crippen molar-refractivity contribution in [1.82, 2.24) is 10.3 Å². The van der Waals surface area contributed by atoms with Gasteiger partial charge in [0.25, 0.3) is 0 Å². The zero-order valence-electron chi connectivity index (χ0n) is 12.9. The molecule has 0 fully saturated rings. The van der Waals surface area contributed by atoms with E-state index in [4.69, 9.17) is 9.15 Å². The van der Waals surface area contributed by atoms with Crippen LogP contribution in [0.3, 0.4) is 0 Å². The second kappa shape index (κ2) is 8.73.